The number of amides is 4. The highest BCUT2D eigenvalue weighted by molar-refractivity contribution is 6.40. The van der Waals surface area contributed by atoms with E-state index in [1.54, 1.807) is 36.7 Å². The number of benzene rings is 2. The summed E-state index contributed by atoms with van der Waals surface area (Å²) in [6.45, 7) is 0. The van der Waals surface area contributed by atoms with E-state index in [2.05, 4.69) is 10.3 Å². The number of carbonyl (C=O) groups excluding carboxylic acids is 3. The fourth-order valence-electron chi connectivity index (χ4n) is 2.91. The van der Waals surface area contributed by atoms with Gasteiger partial charge in [-0.3, -0.25) is 19.9 Å². The van der Waals surface area contributed by atoms with Gasteiger partial charge in [0.05, 0.1) is 5.69 Å². The Hall–Kier alpha value is -3.80. The van der Waals surface area contributed by atoms with Crippen LogP contribution in [0.3, 0.4) is 0 Å². The van der Waals surface area contributed by atoms with Crippen LogP contribution >= 0.6 is 0 Å². The predicted molar refractivity (Wildman–Crippen MR) is 97.2 cm³/mol. The van der Waals surface area contributed by atoms with Gasteiger partial charge in [-0.25, -0.2) is 9.69 Å². The summed E-state index contributed by atoms with van der Waals surface area (Å²) in [6, 6.07) is 15.4. The molecule has 126 valence electrons. The minimum atomic E-state index is -0.761. The first kappa shape index (κ1) is 15.7. The van der Waals surface area contributed by atoms with Crippen molar-refractivity contribution in [3.63, 3.8) is 0 Å². The maximum atomic E-state index is 13.0. The molecule has 1 N–H and O–H groups in total. The van der Waals surface area contributed by atoms with Crippen molar-refractivity contribution in [1.29, 1.82) is 0 Å². The summed E-state index contributed by atoms with van der Waals surface area (Å²) in [6.07, 6.45) is 4.57. The van der Waals surface area contributed by atoms with E-state index in [0.29, 0.717) is 11.3 Å². The molecule has 0 atom stereocenters. The number of anilines is 1. The van der Waals surface area contributed by atoms with Crippen LogP contribution in [-0.4, -0.2) is 22.8 Å². The molecule has 0 saturated carbocycles. The lowest BCUT2D eigenvalue weighted by atomic mass is 10.0. The van der Waals surface area contributed by atoms with E-state index in [-0.39, 0.29) is 5.57 Å². The molecule has 0 radical (unpaired) electrons. The second-order valence-corrected chi connectivity index (χ2v) is 5.74. The third-order valence-electron chi connectivity index (χ3n) is 4.13. The van der Waals surface area contributed by atoms with Crippen LogP contribution in [-0.2, 0) is 9.59 Å². The van der Waals surface area contributed by atoms with Crippen LogP contribution in [0.15, 0.2) is 72.6 Å². The predicted octanol–water partition coefficient (Wildman–Crippen LogP) is 2.90. The van der Waals surface area contributed by atoms with Gasteiger partial charge in [0, 0.05) is 17.8 Å². The molecule has 1 aromatic heterocycles. The first-order valence-corrected chi connectivity index (χ1v) is 7.94. The highest BCUT2D eigenvalue weighted by atomic mass is 16.2. The molecule has 0 bridgehead atoms. The molecule has 6 nitrogen and oxygen atoms in total. The van der Waals surface area contributed by atoms with E-state index in [1.165, 1.54) is 6.08 Å². The Balaban J connectivity index is 1.83. The Morgan fingerprint density at radius 1 is 0.885 bits per heavy atom. The van der Waals surface area contributed by atoms with Crippen molar-refractivity contribution in [2.45, 2.75) is 0 Å². The number of hydrogen-bond donors (Lipinski definition) is 1. The lowest BCUT2D eigenvalue weighted by molar-refractivity contribution is -0.122. The number of aromatic nitrogens is 1. The number of fused-ring (bicyclic) bond motifs is 1. The quantitative estimate of drug-likeness (QED) is 0.573. The first-order valence-electron chi connectivity index (χ1n) is 7.94. The zero-order valence-electron chi connectivity index (χ0n) is 13.5. The van der Waals surface area contributed by atoms with Crippen molar-refractivity contribution in [1.82, 2.24) is 10.3 Å². The van der Waals surface area contributed by atoms with Crippen LogP contribution in [0.25, 0.3) is 16.8 Å². The monoisotopic (exact) mass is 343 g/mol. The van der Waals surface area contributed by atoms with E-state index in [0.717, 1.165) is 15.7 Å². The average Bonchev–Trinajstić information content (AvgIpc) is 2.66. The highest BCUT2D eigenvalue weighted by Gasteiger charge is 2.37. The molecule has 1 fully saturated rings. The van der Waals surface area contributed by atoms with Crippen molar-refractivity contribution in [3.8, 4) is 0 Å². The van der Waals surface area contributed by atoms with Gasteiger partial charge < -0.3 is 0 Å². The SMILES string of the molecule is O=C1NC(=O)N(c2cccc3ccccc23)C(=O)/C1=C\c1ccncc1. The Bertz CT molecular complexity index is 1070. The van der Waals surface area contributed by atoms with Crippen molar-refractivity contribution in [2.75, 3.05) is 4.90 Å². The molecule has 4 amide bonds. The number of rotatable bonds is 2. The number of nitrogens with one attached hydrogen (secondary N) is 1. The molecule has 0 aliphatic carbocycles. The zero-order valence-corrected chi connectivity index (χ0v) is 13.5. The van der Waals surface area contributed by atoms with Crippen LogP contribution < -0.4 is 10.2 Å². The molecule has 0 spiro atoms. The highest BCUT2D eigenvalue weighted by Crippen LogP contribution is 2.29. The van der Waals surface area contributed by atoms with Gasteiger partial charge in [-0.2, -0.15) is 0 Å². The molecule has 2 heterocycles. The van der Waals surface area contributed by atoms with Gasteiger partial charge in [-0.05, 0) is 35.2 Å². The van der Waals surface area contributed by atoms with Gasteiger partial charge in [-0.15, -0.1) is 0 Å². The van der Waals surface area contributed by atoms with Crippen LogP contribution in [0.4, 0.5) is 10.5 Å². The van der Waals surface area contributed by atoms with Gasteiger partial charge in [0.1, 0.15) is 5.57 Å². The molecule has 4 rings (SSSR count). The number of carbonyl (C=O) groups is 3. The van der Waals surface area contributed by atoms with Crippen LogP contribution in [0.5, 0.6) is 0 Å². The average molecular weight is 343 g/mol. The Morgan fingerprint density at radius 3 is 2.42 bits per heavy atom. The third kappa shape index (κ3) is 2.63. The van der Waals surface area contributed by atoms with Crippen molar-refractivity contribution in [3.05, 3.63) is 78.1 Å². The second kappa shape index (κ2) is 6.25. The molecule has 3 aromatic rings. The number of hydrogen-bond acceptors (Lipinski definition) is 4. The zero-order chi connectivity index (χ0) is 18.1. The number of barbiturate groups is 1. The molecule has 0 unspecified atom stereocenters. The normalized spacial score (nSPS) is 16.2. The Labute approximate surface area is 148 Å². The molecule has 6 heteroatoms. The van der Waals surface area contributed by atoms with Crippen molar-refractivity contribution in [2.24, 2.45) is 0 Å². The summed E-state index contributed by atoms with van der Waals surface area (Å²) in [7, 11) is 0. The smallest absolute Gasteiger partial charge is 0.273 e. The molecule has 26 heavy (non-hydrogen) atoms. The van der Waals surface area contributed by atoms with Crippen molar-refractivity contribution < 1.29 is 14.4 Å². The van der Waals surface area contributed by atoms with E-state index in [1.807, 2.05) is 30.3 Å². The molecule has 1 aliphatic heterocycles. The Morgan fingerprint density at radius 2 is 1.62 bits per heavy atom. The van der Waals surface area contributed by atoms with Crippen molar-refractivity contribution >= 4 is 40.4 Å². The lowest BCUT2D eigenvalue weighted by Gasteiger charge is -2.27. The van der Waals surface area contributed by atoms with E-state index < -0.39 is 17.8 Å². The molecular weight excluding hydrogens is 330 g/mol. The molecule has 1 aliphatic rings. The summed E-state index contributed by atoms with van der Waals surface area (Å²) in [4.78, 5) is 42.4. The van der Waals surface area contributed by atoms with Gasteiger partial charge >= 0.3 is 6.03 Å². The minimum Gasteiger partial charge on any atom is -0.273 e. The van der Waals surface area contributed by atoms with Crippen LogP contribution in [0.2, 0.25) is 0 Å². The maximum absolute atomic E-state index is 13.0. The topological polar surface area (TPSA) is 79.4 Å². The van der Waals surface area contributed by atoms with E-state index in [9.17, 15) is 14.4 Å². The molecule has 1 saturated heterocycles. The van der Waals surface area contributed by atoms with Gasteiger partial charge in [-0.1, -0.05) is 36.4 Å². The largest absolute Gasteiger partial charge is 0.335 e. The minimum absolute atomic E-state index is 0.108. The fourth-order valence-corrected chi connectivity index (χ4v) is 2.91. The van der Waals surface area contributed by atoms with Crippen LogP contribution in [0.1, 0.15) is 5.56 Å². The summed E-state index contributed by atoms with van der Waals surface area (Å²) in [5, 5.41) is 3.87. The van der Waals surface area contributed by atoms with E-state index in [4.69, 9.17) is 0 Å². The summed E-state index contributed by atoms with van der Waals surface area (Å²) >= 11 is 0. The number of urea groups is 1. The number of nitrogens with zero attached hydrogens (tertiary/aromatic N) is 2. The van der Waals surface area contributed by atoms with Gasteiger partial charge in [0.25, 0.3) is 11.8 Å². The fraction of sp³-hybridized carbons (Fsp3) is 0. The van der Waals surface area contributed by atoms with Crippen LogP contribution in [0, 0.1) is 0 Å². The van der Waals surface area contributed by atoms with Gasteiger partial charge in [0.2, 0.25) is 0 Å². The summed E-state index contributed by atoms with van der Waals surface area (Å²) < 4.78 is 0. The molecular formula is C20H13N3O3. The number of imide groups is 2. The summed E-state index contributed by atoms with van der Waals surface area (Å²) in [5.41, 5.74) is 0.966. The lowest BCUT2D eigenvalue weighted by Crippen LogP contribution is -2.54. The van der Waals surface area contributed by atoms with E-state index >= 15 is 0 Å². The number of pyridine rings is 1. The summed E-state index contributed by atoms with van der Waals surface area (Å²) in [5.74, 6) is -1.37. The first-order chi connectivity index (χ1) is 12.6. The second-order valence-electron chi connectivity index (χ2n) is 5.74. The molecule has 2 aromatic carbocycles. The Kier molecular flexibility index (Phi) is 3.78. The maximum Gasteiger partial charge on any atom is 0.335 e. The standard InChI is InChI=1S/C20H13N3O3/c24-18-16(12-13-8-10-21-11-9-13)19(25)23(20(26)22-18)17-7-3-5-14-4-1-2-6-15(14)17/h1-12H,(H,22,24,26)/b16-12-. The van der Waals surface area contributed by atoms with Gasteiger partial charge in [0.15, 0.2) is 0 Å². The third-order valence-corrected chi connectivity index (χ3v) is 4.13.